The Morgan fingerprint density at radius 3 is 2.11 bits per heavy atom. The fourth-order valence-electron chi connectivity index (χ4n) is 2.05. The third-order valence-corrected chi connectivity index (χ3v) is 3.44. The van der Waals surface area contributed by atoms with Gasteiger partial charge in [-0.15, -0.1) is 0 Å². The lowest BCUT2D eigenvalue weighted by atomic mass is 9.79. The Balaban J connectivity index is 2.57. The van der Waals surface area contributed by atoms with E-state index in [4.69, 9.17) is 23.2 Å². The maximum absolute atomic E-state index is 13.3. The Morgan fingerprint density at radius 1 is 1.17 bits per heavy atom. The van der Waals surface area contributed by atoms with Gasteiger partial charge in [0, 0.05) is 23.0 Å². The van der Waals surface area contributed by atoms with Gasteiger partial charge < -0.3 is 5.32 Å². The third-order valence-electron chi connectivity index (χ3n) is 3.01. The SMILES string of the molecule is O=C1CC(c2cc(Cl)cc(Cl)c2)(C(F)(F)F)CN1. The monoisotopic (exact) mass is 297 g/mol. The number of hydrogen-bond donors (Lipinski definition) is 1. The van der Waals surface area contributed by atoms with Crippen molar-refractivity contribution in [1.29, 1.82) is 0 Å². The van der Waals surface area contributed by atoms with Crippen LogP contribution in [0.1, 0.15) is 12.0 Å². The second-order valence-corrected chi connectivity index (χ2v) is 5.06. The van der Waals surface area contributed by atoms with Gasteiger partial charge in [0.25, 0.3) is 0 Å². The normalized spacial score (nSPS) is 24.2. The smallest absolute Gasteiger partial charge is 0.355 e. The molecule has 1 aromatic rings. The van der Waals surface area contributed by atoms with Crippen molar-refractivity contribution in [1.82, 2.24) is 5.32 Å². The van der Waals surface area contributed by atoms with E-state index in [1.807, 2.05) is 0 Å². The summed E-state index contributed by atoms with van der Waals surface area (Å²) in [6, 6.07) is 3.74. The molecule has 2 nitrogen and oxygen atoms in total. The summed E-state index contributed by atoms with van der Waals surface area (Å²) in [5.41, 5.74) is -2.34. The average molecular weight is 298 g/mol. The van der Waals surface area contributed by atoms with E-state index in [1.54, 1.807) is 0 Å². The number of carbonyl (C=O) groups excluding carboxylic acids is 1. The molecule has 1 fully saturated rings. The Hall–Kier alpha value is -0.940. The van der Waals surface area contributed by atoms with Crippen molar-refractivity contribution < 1.29 is 18.0 Å². The van der Waals surface area contributed by atoms with E-state index < -0.39 is 30.5 Å². The fraction of sp³-hybridized carbons (Fsp3) is 0.364. The minimum atomic E-state index is -4.56. The second kappa shape index (κ2) is 4.31. The van der Waals surface area contributed by atoms with Gasteiger partial charge in [0.05, 0.1) is 0 Å². The molecule has 0 saturated carbocycles. The topological polar surface area (TPSA) is 29.1 Å². The number of halogens is 5. The first-order valence-electron chi connectivity index (χ1n) is 5.05. The van der Waals surface area contributed by atoms with E-state index in [0.29, 0.717) is 0 Å². The van der Waals surface area contributed by atoms with Crippen LogP contribution in [-0.4, -0.2) is 18.6 Å². The summed E-state index contributed by atoms with van der Waals surface area (Å²) in [7, 11) is 0. The van der Waals surface area contributed by atoms with Crippen LogP contribution in [0.25, 0.3) is 0 Å². The van der Waals surface area contributed by atoms with Crippen molar-refractivity contribution in [2.45, 2.75) is 18.0 Å². The molecule has 0 aromatic heterocycles. The molecule has 0 aliphatic carbocycles. The number of nitrogens with one attached hydrogen (secondary N) is 1. The highest BCUT2D eigenvalue weighted by Crippen LogP contribution is 2.46. The molecule has 1 N–H and O–H groups in total. The zero-order valence-corrected chi connectivity index (χ0v) is 10.5. The molecule has 0 bridgehead atoms. The van der Waals surface area contributed by atoms with Gasteiger partial charge in [0.2, 0.25) is 5.91 Å². The highest BCUT2D eigenvalue weighted by molar-refractivity contribution is 6.34. The van der Waals surface area contributed by atoms with Crippen LogP contribution in [0, 0.1) is 0 Å². The lowest BCUT2D eigenvalue weighted by molar-refractivity contribution is -0.185. The Bertz CT molecular complexity index is 483. The molecule has 18 heavy (non-hydrogen) atoms. The van der Waals surface area contributed by atoms with E-state index in [0.717, 1.165) is 0 Å². The summed E-state index contributed by atoms with van der Waals surface area (Å²) in [6.45, 7) is -0.494. The van der Waals surface area contributed by atoms with Crippen molar-refractivity contribution in [3.63, 3.8) is 0 Å². The van der Waals surface area contributed by atoms with Gasteiger partial charge in [0.15, 0.2) is 0 Å². The first-order valence-corrected chi connectivity index (χ1v) is 5.80. The summed E-state index contributed by atoms with van der Waals surface area (Å²) in [5, 5.41) is 2.43. The van der Waals surface area contributed by atoms with Crippen molar-refractivity contribution in [3.05, 3.63) is 33.8 Å². The summed E-state index contributed by atoms with van der Waals surface area (Å²) in [5.74, 6) is -0.636. The highest BCUT2D eigenvalue weighted by atomic mass is 35.5. The van der Waals surface area contributed by atoms with Crippen LogP contribution in [0.2, 0.25) is 10.0 Å². The van der Waals surface area contributed by atoms with Gasteiger partial charge in [0.1, 0.15) is 5.41 Å². The molecule has 1 aliphatic rings. The lowest BCUT2D eigenvalue weighted by Crippen LogP contribution is -2.44. The first-order chi connectivity index (χ1) is 8.24. The summed E-state index contributed by atoms with van der Waals surface area (Å²) < 4.78 is 39.8. The summed E-state index contributed by atoms with van der Waals surface area (Å²) in [6.07, 6.45) is -5.20. The molecule has 2 rings (SSSR count). The van der Waals surface area contributed by atoms with E-state index in [2.05, 4.69) is 5.32 Å². The van der Waals surface area contributed by atoms with Crippen molar-refractivity contribution in [2.75, 3.05) is 6.54 Å². The molecule has 1 unspecified atom stereocenters. The van der Waals surface area contributed by atoms with E-state index in [9.17, 15) is 18.0 Å². The Labute approximate surface area is 111 Å². The van der Waals surface area contributed by atoms with Crippen LogP contribution in [0.3, 0.4) is 0 Å². The van der Waals surface area contributed by atoms with E-state index in [1.165, 1.54) is 18.2 Å². The zero-order chi connectivity index (χ0) is 13.6. The van der Waals surface area contributed by atoms with Gasteiger partial charge >= 0.3 is 6.18 Å². The first kappa shape index (κ1) is 13.5. The predicted molar refractivity (Wildman–Crippen MR) is 61.8 cm³/mol. The van der Waals surface area contributed by atoms with Gasteiger partial charge in [-0.25, -0.2) is 0 Å². The number of amides is 1. The Morgan fingerprint density at radius 2 is 1.72 bits per heavy atom. The molecule has 1 aliphatic heterocycles. The maximum atomic E-state index is 13.3. The molecule has 7 heteroatoms. The second-order valence-electron chi connectivity index (χ2n) is 4.19. The number of rotatable bonds is 1. The molecule has 1 saturated heterocycles. The number of alkyl halides is 3. The van der Waals surface area contributed by atoms with Crippen molar-refractivity contribution in [3.8, 4) is 0 Å². The standard InChI is InChI=1S/C11H8Cl2F3NO/c12-7-1-6(2-8(13)3-7)10(11(14,15)16)4-9(18)17-5-10/h1-3H,4-5H2,(H,17,18). The number of carbonyl (C=O) groups is 1. The molecule has 0 radical (unpaired) electrons. The van der Waals surface area contributed by atoms with Crippen LogP contribution < -0.4 is 5.32 Å². The van der Waals surface area contributed by atoms with Crippen LogP contribution >= 0.6 is 23.2 Å². The fourth-order valence-corrected chi connectivity index (χ4v) is 2.57. The highest BCUT2D eigenvalue weighted by Gasteiger charge is 2.59. The van der Waals surface area contributed by atoms with Crippen LogP contribution in [-0.2, 0) is 10.2 Å². The molecule has 1 atom stereocenters. The van der Waals surface area contributed by atoms with Crippen LogP contribution in [0.5, 0.6) is 0 Å². The Kier molecular flexibility index (Phi) is 3.23. The van der Waals surface area contributed by atoms with Crippen LogP contribution in [0.15, 0.2) is 18.2 Å². The predicted octanol–water partition coefficient (Wildman–Crippen LogP) is 3.31. The summed E-state index contributed by atoms with van der Waals surface area (Å²) in [4.78, 5) is 11.2. The molecule has 98 valence electrons. The molecule has 1 aromatic carbocycles. The summed E-state index contributed by atoms with van der Waals surface area (Å²) >= 11 is 11.4. The van der Waals surface area contributed by atoms with Crippen LogP contribution in [0.4, 0.5) is 13.2 Å². The third kappa shape index (κ3) is 2.17. The quantitative estimate of drug-likeness (QED) is 0.846. The largest absolute Gasteiger partial charge is 0.400 e. The molecule has 1 amide bonds. The zero-order valence-electron chi connectivity index (χ0n) is 8.94. The minimum Gasteiger partial charge on any atom is -0.355 e. The van der Waals surface area contributed by atoms with Gasteiger partial charge in [-0.05, 0) is 23.8 Å². The lowest BCUT2D eigenvalue weighted by Gasteiger charge is -2.30. The van der Waals surface area contributed by atoms with Gasteiger partial charge in [-0.3, -0.25) is 4.79 Å². The molecule has 0 spiro atoms. The van der Waals surface area contributed by atoms with Crippen molar-refractivity contribution in [2.24, 2.45) is 0 Å². The number of benzene rings is 1. The van der Waals surface area contributed by atoms with Crippen molar-refractivity contribution >= 4 is 29.1 Å². The maximum Gasteiger partial charge on any atom is 0.400 e. The molecule has 1 heterocycles. The molecular weight excluding hydrogens is 290 g/mol. The van der Waals surface area contributed by atoms with E-state index >= 15 is 0 Å². The average Bonchev–Trinajstić information content (AvgIpc) is 2.59. The molecular formula is C11H8Cl2F3NO. The van der Waals surface area contributed by atoms with Gasteiger partial charge in [-0.2, -0.15) is 13.2 Å². The van der Waals surface area contributed by atoms with E-state index in [-0.39, 0.29) is 15.6 Å². The van der Waals surface area contributed by atoms with Gasteiger partial charge in [-0.1, -0.05) is 23.2 Å². The number of hydrogen-bond acceptors (Lipinski definition) is 1. The minimum absolute atomic E-state index is 0.0918.